The number of hydrogen-bond donors (Lipinski definition) is 2. The molecule has 0 saturated heterocycles. The van der Waals surface area contributed by atoms with E-state index in [9.17, 15) is 8.42 Å². The van der Waals surface area contributed by atoms with Gasteiger partial charge >= 0.3 is 0 Å². The first-order valence-corrected chi connectivity index (χ1v) is 6.82. The van der Waals surface area contributed by atoms with Crippen LogP contribution in [0.4, 0.5) is 11.4 Å². The van der Waals surface area contributed by atoms with Gasteiger partial charge in [0.2, 0.25) is 10.0 Å². The Hall–Kier alpha value is -1.23. The van der Waals surface area contributed by atoms with E-state index in [1.807, 2.05) is 26.8 Å². The number of nitrogens with one attached hydrogen (secondary N) is 1. The van der Waals surface area contributed by atoms with Crippen molar-refractivity contribution in [2.24, 2.45) is 5.92 Å². The fourth-order valence-corrected chi connectivity index (χ4v) is 2.91. The van der Waals surface area contributed by atoms with Gasteiger partial charge in [0, 0.05) is 0 Å². The molecule has 1 aromatic carbocycles. The molecule has 0 bridgehead atoms. The van der Waals surface area contributed by atoms with Gasteiger partial charge in [0.05, 0.1) is 17.1 Å². The highest BCUT2D eigenvalue weighted by Crippen LogP contribution is 2.21. The van der Waals surface area contributed by atoms with E-state index in [1.54, 1.807) is 12.1 Å². The molecule has 90 valence electrons. The Morgan fingerprint density at radius 2 is 2.00 bits per heavy atom. The van der Waals surface area contributed by atoms with Gasteiger partial charge in [-0.15, -0.1) is 0 Å². The van der Waals surface area contributed by atoms with E-state index in [0.29, 0.717) is 11.4 Å². The summed E-state index contributed by atoms with van der Waals surface area (Å²) in [6.07, 6.45) is 0. The molecule has 5 heteroatoms. The Morgan fingerprint density at radius 1 is 1.38 bits per heavy atom. The van der Waals surface area contributed by atoms with Gasteiger partial charge in [0.15, 0.2) is 0 Å². The smallest absolute Gasteiger partial charge is 0.233 e. The van der Waals surface area contributed by atoms with Crippen LogP contribution in [0, 0.1) is 12.8 Å². The lowest BCUT2D eigenvalue weighted by atomic mass is 10.2. The fourth-order valence-electron chi connectivity index (χ4n) is 1.42. The van der Waals surface area contributed by atoms with Crippen molar-refractivity contribution in [1.82, 2.24) is 0 Å². The summed E-state index contributed by atoms with van der Waals surface area (Å²) in [4.78, 5) is 0. The van der Waals surface area contributed by atoms with E-state index in [-0.39, 0.29) is 11.7 Å². The molecule has 0 unspecified atom stereocenters. The zero-order valence-corrected chi connectivity index (χ0v) is 10.6. The average molecular weight is 242 g/mol. The molecule has 0 fully saturated rings. The lowest BCUT2D eigenvalue weighted by molar-refractivity contribution is 0.587. The number of hydrogen-bond acceptors (Lipinski definition) is 3. The maximum atomic E-state index is 11.7. The van der Waals surface area contributed by atoms with E-state index in [0.717, 1.165) is 5.56 Å². The Kier molecular flexibility index (Phi) is 3.80. The van der Waals surface area contributed by atoms with E-state index < -0.39 is 10.0 Å². The highest BCUT2D eigenvalue weighted by atomic mass is 32.2. The SMILES string of the molecule is Cc1ccc(NS(=O)(=O)CC(C)C)c(N)c1. The molecule has 0 aliphatic rings. The van der Waals surface area contributed by atoms with Crippen LogP contribution in [-0.2, 0) is 10.0 Å². The summed E-state index contributed by atoms with van der Waals surface area (Å²) >= 11 is 0. The summed E-state index contributed by atoms with van der Waals surface area (Å²) in [7, 11) is -3.30. The van der Waals surface area contributed by atoms with Gasteiger partial charge in [-0.25, -0.2) is 8.42 Å². The van der Waals surface area contributed by atoms with Gasteiger partial charge in [0.25, 0.3) is 0 Å². The van der Waals surface area contributed by atoms with Gasteiger partial charge in [0.1, 0.15) is 0 Å². The van der Waals surface area contributed by atoms with Gasteiger partial charge in [-0.1, -0.05) is 19.9 Å². The molecule has 0 saturated carbocycles. The minimum atomic E-state index is -3.30. The number of sulfonamides is 1. The van der Waals surface area contributed by atoms with Gasteiger partial charge in [-0.3, -0.25) is 4.72 Å². The molecule has 0 aliphatic heterocycles. The molecule has 3 N–H and O–H groups in total. The van der Waals surface area contributed by atoms with E-state index in [2.05, 4.69) is 4.72 Å². The third-order valence-corrected chi connectivity index (χ3v) is 3.66. The summed E-state index contributed by atoms with van der Waals surface area (Å²) in [6.45, 7) is 5.62. The Morgan fingerprint density at radius 3 is 2.50 bits per heavy atom. The number of rotatable bonds is 4. The van der Waals surface area contributed by atoms with Crippen molar-refractivity contribution < 1.29 is 8.42 Å². The summed E-state index contributed by atoms with van der Waals surface area (Å²) in [5.74, 6) is 0.185. The number of nitrogen functional groups attached to an aromatic ring is 1. The summed E-state index contributed by atoms with van der Waals surface area (Å²) < 4.78 is 25.9. The summed E-state index contributed by atoms with van der Waals surface area (Å²) in [6, 6.07) is 5.25. The topological polar surface area (TPSA) is 72.2 Å². The van der Waals surface area contributed by atoms with Crippen molar-refractivity contribution in [2.45, 2.75) is 20.8 Å². The van der Waals surface area contributed by atoms with E-state index >= 15 is 0 Å². The monoisotopic (exact) mass is 242 g/mol. The normalized spacial score (nSPS) is 11.8. The molecule has 0 radical (unpaired) electrons. The average Bonchev–Trinajstić information content (AvgIpc) is 2.07. The lowest BCUT2D eigenvalue weighted by Crippen LogP contribution is -2.20. The van der Waals surface area contributed by atoms with Crippen molar-refractivity contribution in [3.63, 3.8) is 0 Å². The van der Waals surface area contributed by atoms with Crippen LogP contribution < -0.4 is 10.5 Å². The van der Waals surface area contributed by atoms with Gasteiger partial charge in [-0.05, 0) is 30.5 Å². The molecule has 0 aromatic heterocycles. The van der Waals surface area contributed by atoms with Crippen LogP contribution in [0.25, 0.3) is 0 Å². The second-order valence-electron chi connectivity index (χ2n) is 4.37. The van der Waals surface area contributed by atoms with Crippen molar-refractivity contribution in [2.75, 3.05) is 16.2 Å². The second kappa shape index (κ2) is 4.74. The van der Waals surface area contributed by atoms with Crippen LogP contribution in [0.1, 0.15) is 19.4 Å². The van der Waals surface area contributed by atoms with Crippen LogP contribution >= 0.6 is 0 Å². The zero-order valence-electron chi connectivity index (χ0n) is 9.82. The minimum Gasteiger partial charge on any atom is -0.397 e. The Labute approximate surface area is 96.9 Å². The lowest BCUT2D eigenvalue weighted by Gasteiger charge is -2.12. The zero-order chi connectivity index (χ0) is 12.3. The molecule has 4 nitrogen and oxygen atoms in total. The van der Waals surface area contributed by atoms with Crippen molar-refractivity contribution in [3.8, 4) is 0 Å². The van der Waals surface area contributed by atoms with Crippen LogP contribution in [0.5, 0.6) is 0 Å². The molecule has 16 heavy (non-hydrogen) atoms. The predicted octanol–water partition coefficient (Wildman–Crippen LogP) is 1.97. The molecule has 1 aromatic rings. The van der Waals surface area contributed by atoms with Gasteiger partial charge < -0.3 is 5.73 Å². The molecular formula is C11H18N2O2S. The molecule has 0 aliphatic carbocycles. The minimum absolute atomic E-state index is 0.0872. The molecule has 0 atom stereocenters. The highest BCUT2D eigenvalue weighted by molar-refractivity contribution is 7.92. The molecule has 0 amide bonds. The standard InChI is InChI=1S/C11H18N2O2S/c1-8(2)7-16(14,15)13-11-5-4-9(3)6-10(11)12/h4-6,8,13H,7,12H2,1-3H3. The number of nitrogens with two attached hydrogens (primary N) is 1. The molecule has 0 spiro atoms. The third-order valence-electron chi connectivity index (χ3n) is 2.03. The van der Waals surface area contributed by atoms with Crippen LogP contribution in [-0.4, -0.2) is 14.2 Å². The summed E-state index contributed by atoms with van der Waals surface area (Å²) in [5.41, 5.74) is 7.64. The Balaban J connectivity index is 2.88. The molecular weight excluding hydrogens is 224 g/mol. The number of benzene rings is 1. The van der Waals surface area contributed by atoms with Crippen LogP contribution in [0.2, 0.25) is 0 Å². The third kappa shape index (κ3) is 3.73. The van der Waals surface area contributed by atoms with Crippen LogP contribution in [0.3, 0.4) is 0 Å². The number of aryl methyl sites for hydroxylation is 1. The van der Waals surface area contributed by atoms with Crippen molar-refractivity contribution in [1.29, 1.82) is 0 Å². The second-order valence-corrected chi connectivity index (χ2v) is 6.13. The van der Waals surface area contributed by atoms with Crippen molar-refractivity contribution >= 4 is 21.4 Å². The van der Waals surface area contributed by atoms with Gasteiger partial charge in [-0.2, -0.15) is 0 Å². The van der Waals surface area contributed by atoms with Crippen LogP contribution in [0.15, 0.2) is 18.2 Å². The first kappa shape index (κ1) is 12.8. The maximum Gasteiger partial charge on any atom is 0.233 e. The van der Waals surface area contributed by atoms with E-state index in [1.165, 1.54) is 0 Å². The number of anilines is 2. The predicted molar refractivity (Wildman–Crippen MR) is 67.8 cm³/mol. The highest BCUT2D eigenvalue weighted by Gasteiger charge is 2.13. The largest absolute Gasteiger partial charge is 0.397 e. The first-order chi connectivity index (χ1) is 7.30. The van der Waals surface area contributed by atoms with Crippen molar-refractivity contribution in [3.05, 3.63) is 23.8 Å². The molecule has 1 rings (SSSR count). The molecule has 0 heterocycles. The Bertz CT molecular complexity index is 467. The van der Waals surface area contributed by atoms with E-state index in [4.69, 9.17) is 5.73 Å². The quantitative estimate of drug-likeness (QED) is 0.793. The summed E-state index contributed by atoms with van der Waals surface area (Å²) in [5, 5.41) is 0. The fraction of sp³-hybridized carbons (Fsp3) is 0.455. The first-order valence-electron chi connectivity index (χ1n) is 5.17. The maximum absolute atomic E-state index is 11.7.